The molecule has 31 heavy (non-hydrogen) atoms. The first-order valence-corrected chi connectivity index (χ1v) is 10.8. The number of rotatable bonds is 4. The minimum Gasteiger partial charge on any atom is -0.295 e. The van der Waals surface area contributed by atoms with Gasteiger partial charge in [-0.05, 0) is 61.0 Å². The molecule has 0 fully saturated rings. The van der Waals surface area contributed by atoms with E-state index in [1.807, 2.05) is 6.07 Å². The molecule has 3 aromatic carbocycles. The summed E-state index contributed by atoms with van der Waals surface area (Å²) in [5.74, 6) is -0.160. The average molecular weight is 431 g/mol. The van der Waals surface area contributed by atoms with Crippen LogP contribution in [0.2, 0.25) is 0 Å². The Morgan fingerprint density at radius 1 is 0.968 bits per heavy atom. The smallest absolute Gasteiger partial charge is 0.295 e. The van der Waals surface area contributed by atoms with Gasteiger partial charge >= 0.3 is 6.03 Å². The molecule has 0 saturated heterocycles. The molecular formula is C23H17N3O4S. The van der Waals surface area contributed by atoms with Crippen molar-refractivity contribution in [2.75, 3.05) is 9.21 Å². The highest BCUT2D eigenvalue weighted by Gasteiger charge is 2.42. The molecule has 0 aromatic heterocycles. The fraction of sp³-hybridized carbons (Fsp3) is 0.0870. The molecule has 8 heteroatoms. The van der Waals surface area contributed by atoms with Gasteiger partial charge in [-0.2, -0.15) is 9.57 Å². The number of fused-ring (bicyclic) bond motifs is 1. The van der Waals surface area contributed by atoms with Crippen LogP contribution in [0.25, 0.3) is 0 Å². The van der Waals surface area contributed by atoms with Gasteiger partial charge in [0.2, 0.25) is 0 Å². The van der Waals surface area contributed by atoms with Crippen molar-refractivity contribution in [3.8, 4) is 6.07 Å². The van der Waals surface area contributed by atoms with E-state index in [4.69, 9.17) is 5.26 Å². The van der Waals surface area contributed by atoms with Crippen LogP contribution in [0.4, 0.5) is 16.2 Å². The van der Waals surface area contributed by atoms with Gasteiger partial charge in [-0.3, -0.25) is 9.69 Å². The summed E-state index contributed by atoms with van der Waals surface area (Å²) in [6.07, 6.45) is 0. The third-order valence-corrected chi connectivity index (χ3v) is 6.76. The average Bonchev–Trinajstić information content (AvgIpc) is 2.77. The summed E-state index contributed by atoms with van der Waals surface area (Å²) < 4.78 is 27.3. The van der Waals surface area contributed by atoms with Crippen molar-refractivity contribution in [1.82, 2.24) is 0 Å². The minimum atomic E-state index is -4.14. The molecular weight excluding hydrogens is 414 g/mol. The number of urea groups is 1. The topological polar surface area (TPSA) is 98.5 Å². The van der Waals surface area contributed by atoms with Gasteiger partial charge in [0.15, 0.2) is 5.78 Å². The van der Waals surface area contributed by atoms with E-state index in [1.165, 1.54) is 42.2 Å². The lowest BCUT2D eigenvalue weighted by atomic mass is 10.1. The molecule has 0 bridgehead atoms. The molecule has 0 aliphatic carbocycles. The summed E-state index contributed by atoms with van der Waals surface area (Å²) >= 11 is 0. The van der Waals surface area contributed by atoms with Gasteiger partial charge in [0, 0.05) is 5.56 Å². The lowest BCUT2D eigenvalue weighted by molar-refractivity contribution is 0.101. The van der Waals surface area contributed by atoms with E-state index in [-0.39, 0.29) is 28.6 Å². The number of carbonyl (C=O) groups excluding carboxylic acids is 2. The number of nitrogens with zero attached hydrogens (tertiary/aromatic N) is 3. The van der Waals surface area contributed by atoms with Gasteiger partial charge in [0.25, 0.3) is 10.0 Å². The fourth-order valence-electron chi connectivity index (χ4n) is 3.41. The highest BCUT2D eigenvalue weighted by molar-refractivity contribution is 7.94. The SMILES string of the molecule is CC(=O)c1ccc(N2C(=O)N(Cc3ccc(C#N)cc3)c3ccccc3S2(=O)=O)cc1. The number of ketones is 1. The summed E-state index contributed by atoms with van der Waals surface area (Å²) in [4.78, 5) is 26.4. The van der Waals surface area contributed by atoms with E-state index < -0.39 is 16.1 Å². The Bertz CT molecular complexity index is 1320. The molecule has 0 atom stereocenters. The van der Waals surface area contributed by atoms with E-state index in [9.17, 15) is 18.0 Å². The molecule has 0 spiro atoms. The number of carbonyl (C=O) groups is 2. The zero-order chi connectivity index (χ0) is 22.2. The normalized spacial score (nSPS) is 14.6. The minimum absolute atomic E-state index is 0.0129. The van der Waals surface area contributed by atoms with Gasteiger partial charge in [-0.1, -0.05) is 24.3 Å². The van der Waals surface area contributed by atoms with Crippen molar-refractivity contribution in [3.05, 3.63) is 89.5 Å². The van der Waals surface area contributed by atoms with Crippen molar-refractivity contribution < 1.29 is 18.0 Å². The van der Waals surface area contributed by atoms with E-state index in [0.29, 0.717) is 11.1 Å². The van der Waals surface area contributed by atoms with Crippen LogP contribution in [0.3, 0.4) is 0 Å². The third kappa shape index (κ3) is 3.56. The quantitative estimate of drug-likeness (QED) is 0.579. The Morgan fingerprint density at radius 3 is 2.23 bits per heavy atom. The fourth-order valence-corrected chi connectivity index (χ4v) is 5.01. The number of para-hydroxylation sites is 1. The first kappa shape index (κ1) is 20.3. The molecule has 2 amide bonds. The lowest BCUT2D eigenvalue weighted by Gasteiger charge is -2.36. The highest BCUT2D eigenvalue weighted by atomic mass is 32.2. The maximum Gasteiger partial charge on any atom is 0.343 e. The summed E-state index contributed by atoms with van der Waals surface area (Å²) in [7, 11) is -4.14. The second kappa shape index (κ2) is 7.70. The zero-order valence-electron chi connectivity index (χ0n) is 16.5. The monoisotopic (exact) mass is 431 g/mol. The van der Waals surface area contributed by atoms with Crippen molar-refractivity contribution >= 4 is 33.2 Å². The summed E-state index contributed by atoms with van der Waals surface area (Å²) in [5, 5.41) is 8.99. The molecule has 7 nitrogen and oxygen atoms in total. The summed E-state index contributed by atoms with van der Waals surface area (Å²) in [5.41, 5.74) is 2.08. The number of amides is 2. The largest absolute Gasteiger partial charge is 0.343 e. The Balaban J connectivity index is 1.81. The van der Waals surface area contributed by atoms with Crippen molar-refractivity contribution in [1.29, 1.82) is 5.26 Å². The Hall–Kier alpha value is -3.96. The van der Waals surface area contributed by atoms with Gasteiger partial charge < -0.3 is 0 Å². The van der Waals surface area contributed by atoms with Crippen LogP contribution >= 0.6 is 0 Å². The van der Waals surface area contributed by atoms with Crippen LogP contribution in [-0.2, 0) is 16.6 Å². The van der Waals surface area contributed by atoms with E-state index in [2.05, 4.69) is 0 Å². The van der Waals surface area contributed by atoms with Crippen LogP contribution in [0.1, 0.15) is 28.4 Å². The third-order valence-electron chi connectivity index (χ3n) is 5.01. The van der Waals surface area contributed by atoms with Gasteiger partial charge in [-0.15, -0.1) is 0 Å². The van der Waals surface area contributed by atoms with Crippen LogP contribution in [-0.4, -0.2) is 20.2 Å². The molecule has 0 N–H and O–H groups in total. The Labute approximate surface area is 179 Å². The molecule has 1 aliphatic heterocycles. The number of hydrogen-bond donors (Lipinski definition) is 0. The van der Waals surface area contributed by atoms with Crippen LogP contribution < -0.4 is 9.21 Å². The van der Waals surface area contributed by atoms with E-state index in [1.54, 1.807) is 42.5 Å². The molecule has 0 saturated carbocycles. The molecule has 154 valence electrons. The number of Topliss-reactive ketones (excluding diaryl/α,β-unsaturated/α-hetero) is 1. The molecule has 1 heterocycles. The van der Waals surface area contributed by atoms with Crippen molar-refractivity contribution in [2.45, 2.75) is 18.4 Å². The van der Waals surface area contributed by atoms with Crippen LogP contribution in [0, 0.1) is 11.3 Å². The Morgan fingerprint density at radius 2 is 1.61 bits per heavy atom. The maximum absolute atomic E-state index is 13.4. The number of hydrogen-bond acceptors (Lipinski definition) is 5. The van der Waals surface area contributed by atoms with Crippen molar-refractivity contribution in [3.63, 3.8) is 0 Å². The van der Waals surface area contributed by atoms with Gasteiger partial charge in [-0.25, -0.2) is 13.2 Å². The first-order valence-electron chi connectivity index (χ1n) is 9.39. The first-order chi connectivity index (χ1) is 14.8. The number of benzene rings is 3. The Kier molecular flexibility index (Phi) is 5.05. The molecule has 1 aliphatic rings. The van der Waals surface area contributed by atoms with E-state index >= 15 is 0 Å². The second-order valence-electron chi connectivity index (χ2n) is 7.02. The maximum atomic E-state index is 13.4. The number of sulfonamides is 1. The molecule has 4 rings (SSSR count). The van der Waals surface area contributed by atoms with Crippen LogP contribution in [0.15, 0.2) is 77.7 Å². The van der Waals surface area contributed by atoms with Gasteiger partial charge in [0.05, 0.1) is 29.6 Å². The zero-order valence-corrected chi connectivity index (χ0v) is 17.3. The van der Waals surface area contributed by atoms with E-state index in [0.717, 1.165) is 9.87 Å². The highest BCUT2D eigenvalue weighted by Crippen LogP contribution is 2.38. The summed E-state index contributed by atoms with van der Waals surface area (Å²) in [6, 6.07) is 20.2. The lowest BCUT2D eigenvalue weighted by Crippen LogP contribution is -2.50. The number of nitriles is 1. The van der Waals surface area contributed by atoms with Crippen molar-refractivity contribution in [2.24, 2.45) is 0 Å². The second-order valence-corrected chi connectivity index (χ2v) is 8.77. The number of anilines is 2. The summed E-state index contributed by atoms with van der Waals surface area (Å²) in [6.45, 7) is 1.53. The molecule has 3 aromatic rings. The van der Waals surface area contributed by atoms with Gasteiger partial charge in [0.1, 0.15) is 4.90 Å². The molecule has 0 radical (unpaired) electrons. The predicted octanol–water partition coefficient (Wildman–Crippen LogP) is 4.10. The molecule has 0 unspecified atom stereocenters. The predicted molar refractivity (Wildman–Crippen MR) is 115 cm³/mol. The van der Waals surface area contributed by atoms with Crippen LogP contribution in [0.5, 0.6) is 0 Å². The standard InChI is InChI=1S/C23H17N3O4S/c1-16(27)19-10-12-20(13-11-19)26-23(28)25(15-18-8-6-17(14-24)7-9-18)21-4-2-3-5-22(21)31(26,29)30/h2-13H,15H2,1H3.